The van der Waals surface area contributed by atoms with Crippen molar-refractivity contribution in [3.8, 4) is 5.75 Å². The molecule has 0 spiro atoms. The molecule has 19 heavy (non-hydrogen) atoms. The SMILES string of the molecule is CNCc1cc(C)ccc1OCc1ncc(Cl)n1C. The highest BCUT2D eigenvalue weighted by molar-refractivity contribution is 6.29. The molecule has 2 aromatic rings. The number of imidazole rings is 1. The molecular weight excluding hydrogens is 262 g/mol. The molecule has 0 bridgehead atoms. The van der Waals surface area contributed by atoms with Gasteiger partial charge in [-0.2, -0.15) is 0 Å². The molecule has 0 radical (unpaired) electrons. The Morgan fingerprint density at radius 3 is 2.84 bits per heavy atom. The van der Waals surface area contributed by atoms with Crippen LogP contribution in [0.4, 0.5) is 0 Å². The van der Waals surface area contributed by atoms with Crippen molar-refractivity contribution in [1.29, 1.82) is 0 Å². The Labute approximate surface area is 118 Å². The van der Waals surface area contributed by atoms with Gasteiger partial charge in [0, 0.05) is 19.2 Å². The number of hydrogen-bond donors (Lipinski definition) is 1. The summed E-state index contributed by atoms with van der Waals surface area (Å²) in [5, 5.41) is 3.75. The van der Waals surface area contributed by atoms with Crippen LogP contribution in [0.2, 0.25) is 5.15 Å². The van der Waals surface area contributed by atoms with Gasteiger partial charge < -0.3 is 14.6 Å². The van der Waals surface area contributed by atoms with Gasteiger partial charge in [0.1, 0.15) is 23.3 Å². The number of benzene rings is 1. The lowest BCUT2D eigenvalue weighted by Gasteiger charge is -2.12. The van der Waals surface area contributed by atoms with Crippen molar-refractivity contribution < 1.29 is 4.74 Å². The minimum Gasteiger partial charge on any atom is -0.485 e. The van der Waals surface area contributed by atoms with Crippen LogP contribution in [-0.2, 0) is 20.2 Å². The van der Waals surface area contributed by atoms with Crippen LogP contribution < -0.4 is 10.1 Å². The second-order valence-corrected chi connectivity index (χ2v) is 4.87. The lowest BCUT2D eigenvalue weighted by atomic mass is 10.1. The number of halogens is 1. The second kappa shape index (κ2) is 6.08. The Bertz CT molecular complexity index is 566. The molecule has 0 atom stereocenters. The predicted molar refractivity (Wildman–Crippen MR) is 76.5 cm³/mol. The van der Waals surface area contributed by atoms with E-state index in [0.717, 1.165) is 23.7 Å². The van der Waals surface area contributed by atoms with Crippen molar-refractivity contribution in [2.45, 2.75) is 20.1 Å². The van der Waals surface area contributed by atoms with E-state index in [0.29, 0.717) is 11.8 Å². The summed E-state index contributed by atoms with van der Waals surface area (Å²) in [5.41, 5.74) is 2.36. The molecule has 0 amide bonds. The Kier molecular flexibility index (Phi) is 4.45. The van der Waals surface area contributed by atoms with Crippen LogP contribution >= 0.6 is 11.6 Å². The van der Waals surface area contributed by atoms with Gasteiger partial charge in [0.25, 0.3) is 0 Å². The van der Waals surface area contributed by atoms with Crippen molar-refractivity contribution in [3.05, 3.63) is 46.5 Å². The molecule has 0 aliphatic heterocycles. The third-order valence-corrected chi connectivity index (χ3v) is 3.32. The van der Waals surface area contributed by atoms with E-state index in [4.69, 9.17) is 16.3 Å². The molecule has 0 saturated heterocycles. The van der Waals surface area contributed by atoms with Gasteiger partial charge in [-0.15, -0.1) is 0 Å². The average Bonchev–Trinajstić information content (AvgIpc) is 2.70. The highest BCUT2D eigenvalue weighted by Crippen LogP contribution is 2.21. The fourth-order valence-corrected chi connectivity index (χ4v) is 2.02. The summed E-state index contributed by atoms with van der Waals surface area (Å²) >= 11 is 5.95. The van der Waals surface area contributed by atoms with E-state index in [9.17, 15) is 0 Å². The first-order valence-corrected chi connectivity index (χ1v) is 6.52. The van der Waals surface area contributed by atoms with Gasteiger partial charge in [0.15, 0.2) is 0 Å². The van der Waals surface area contributed by atoms with Crippen LogP contribution in [0.5, 0.6) is 5.75 Å². The third-order valence-electron chi connectivity index (χ3n) is 2.97. The maximum absolute atomic E-state index is 5.95. The zero-order valence-corrected chi connectivity index (χ0v) is 12.2. The fourth-order valence-electron chi connectivity index (χ4n) is 1.88. The van der Waals surface area contributed by atoms with Gasteiger partial charge in [-0.05, 0) is 20.0 Å². The van der Waals surface area contributed by atoms with E-state index in [1.54, 1.807) is 6.20 Å². The Morgan fingerprint density at radius 1 is 1.42 bits per heavy atom. The van der Waals surface area contributed by atoms with Crippen LogP contribution in [0.3, 0.4) is 0 Å². The smallest absolute Gasteiger partial charge is 0.147 e. The number of nitrogens with one attached hydrogen (secondary N) is 1. The van der Waals surface area contributed by atoms with Crippen LogP contribution in [0.25, 0.3) is 0 Å². The Balaban J connectivity index is 2.12. The molecule has 0 aliphatic rings. The van der Waals surface area contributed by atoms with E-state index in [2.05, 4.69) is 23.3 Å². The zero-order valence-electron chi connectivity index (χ0n) is 11.4. The van der Waals surface area contributed by atoms with Gasteiger partial charge in [0.2, 0.25) is 0 Å². The van der Waals surface area contributed by atoms with Crippen molar-refractivity contribution in [2.24, 2.45) is 7.05 Å². The third kappa shape index (κ3) is 3.28. The number of aromatic nitrogens is 2. The second-order valence-electron chi connectivity index (χ2n) is 4.49. The first kappa shape index (κ1) is 13.9. The molecular formula is C14H18ClN3O. The summed E-state index contributed by atoms with van der Waals surface area (Å²) in [6.07, 6.45) is 1.63. The summed E-state index contributed by atoms with van der Waals surface area (Å²) in [6, 6.07) is 6.16. The monoisotopic (exact) mass is 279 g/mol. The number of aryl methyl sites for hydroxylation is 1. The lowest BCUT2D eigenvalue weighted by molar-refractivity contribution is 0.288. The van der Waals surface area contributed by atoms with Crippen molar-refractivity contribution in [3.63, 3.8) is 0 Å². The summed E-state index contributed by atoms with van der Waals surface area (Å²) in [7, 11) is 3.79. The average molecular weight is 280 g/mol. The van der Waals surface area contributed by atoms with Crippen LogP contribution in [0.1, 0.15) is 17.0 Å². The van der Waals surface area contributed by atoms with Gasteiger partial charge in [-0.1, -0.05) is 29.3 Å². The van der Waals surface area contributed by atoms with Gasteiger partial charge in [0.05, 0.1) is 6.20 Å². The molecule has 0 fully saturated rings. The van der Waals surface area contributed by atoms with Crippen LogP contribution in [0.15, 0.2) is 24.4 Å². The van der Waals surface area contributed by atoms with E-state index < -0.39 is 0 Å². The van der Waals surface area contributed by atoms with Gasteiger partial charge in [-0.3, -0.25) is 0 Å². The molecule has 0 saturated carbocycles. The predicted octanol–water partition coefficient (Wildman–Crippen LogP) is 2.68. The maximum Gasteiger partial charge on any atom is 0.147 e. The van der Waals surface area contributed by atoms with E-state index in [1.165, 1.54) is 5.56 Å². The van der Waals surface area contributed by atoms with Crippen molar-refractivity contribution in [2.75, 3.05) is 7.05 Å². The number of nitrogens with zero attached hydrogens (tertiary/aromatic N) is 2. The normalized spacial score (nSPS) is 10.7. The van der Waals surface area contributed by atoms with Crippen LogP contribution in [-0.4, -0.2) is 16.6 Å². The zero-order chi connectivity index (χ0) is 13.8. The molecule has 1 heterocycles. The number of ether oxygens (including phenoxy) is 1. The van der Waals surface area contributed by atoms with E-state index >= 15 is 0 Å². The Hall–Kier alpha value is -1.52. The molecule has 1 aromatic heterocycles. The first-order chi connectivity index (χ1) is 9.11. The molecule has 0 unspecified atom stereocenters. The maximum atomic E-state index is 5.95. The Morgan fingerprint density at radius 2 is 2.21 bits per heavy atom. The summed E-state index contributed by atoms with van der Waals surface area (Å²) in [5.74, 6) is 1.68. The minimum absolute atomic E-state index is 0.406. The molecule has 2 rings (SSSR count). The summed E-state index contributed by atoms with van der Waals surface area (Å²) in [6.45, 7) is 3.25. The standard InChI is InChI=1S/C14H18ClN3O/c1-10-4-5-12(11(6-10)7-16-2)19-9-14-17-8-13(15)18(14)3/h4-6,8,16H,7,9H2,1-3H3. The van der Waals surface area contributed by atoms with Gasteiger partial charge >= 0.3 is 0 Å². The molecule has 102 valence electrons. The topological polar surface area (TPSA) is 39.1 Å². The van der Waals surface area contributed by atoms with Crippen LogP contribution in [0, 0.1) is 6.92 Å². The highest BCUT2D eigenvalue weighted by Gasteiger charge is 2.08. The lowest BCUT2D eigenvalue weighted by Crippen LogP contribution is -2.09. The summed E-state index contributed by atoms with van der Waals surface area (Å²) < 4.78 is 7.66. The van der Waals surface area contributed by atoms with E-state index in [1.807, 2.05) is 30.8 Å². The van der Waals surface area contributed by atoms with Gasteiger partial charge in [-0.25, -0.2) is 4.98 Å². The summed E-state index contributed by atoms with van der Waals surface area (Å²) in [4.78, 5) is 4.21. The minimum atomic E-state index is 0.406. The molecule has 1 N–H and O–H groups in total. The molecule has 4 nitrogen and oxygen atoms in total. The van der Waals surface area contributed by atoms with E-state index in [-0.39, 0.29) is 0 Å². The largest absolute Gasteiger partial charge is 0.485 e. The number of rotatable bonds is 5. The van der Waals surface area contributed by atoms with Crippen molar-refractivity contribution in [1.82, 2.24) is 14.9 Å². The molecule has 1 aromatic carbocycles. The first-order valence-electron chi connectivity index (χ1n) is 6.15. The molecule has 5 heteroatoms. The molecule has 0 aliphatic carbocycles. The number of hydrogen-bond acceptors (Lipinski definition) is 3. The fraction of sp³-hybridized carbons (Fsp3) is 0.357. The highest BCUT2D eigenvalue weighted by atomic mass is 35.5. The van der Waals surface area contributed by atoms with Crippen molar-refractivity contribution >= 4 is 11.6 Å². The quantitative estimate of drug-likeness (QED) is 0.915.